The number of alkyl halides is 2. The number of hydrogen-bond acceptors (Lipinski definition) is 4. The zero-order chi connectivity index (χ0) is 20.7. The normalized spacial score (nSPS) is 16.4. The standard InChI is InChI=1S/C20H18ClF2N5O/c1-11-7-24-20(21)26-16(11)15-10-27-8-12(2)28(19(29)18(27)25-15)9-13-4-3-5-14(6-13)17(22)23/h3-7,10,12,17H,8-9H2,1-2H3. The number of aryl methyl sites for hydroxylation is 1. The van der Waals surface area contributed by atoms with Gasteiger partial charge in [-0.25, -0.2) is 23.7 Å². The van der Waals surface area contributed by atoms with Gasteiger partial charge in [0.15, 0.2) is 5.82 Å². The molecule has 29 heavy (non-hydrogen) atoms. The van der Waals surface area contributed by atoms with Crippen LogP contribution in [0, 0.1) is 6.92 Å². The van der Waals surface area contributed by atoms with Crippen molar-refractivity contribution in [2.24, 2.45) is 0 Å². The molecular formula is C20H18ClF2N5O. The maximum absolute atomic E-state index is 13.1. The summed E-state index contributed by atoms with van der Waals surface area (Å²) in [5.74, 6) is 0.0347. The maximum atomic E-state index is 13.1. The van der Waals surface area contributed by atoms with Gasteiger partial charge in [0, 0.05) is 37.1 Å². The van der Waals surface area contributed by atoms with Crippen LogP contribution < -0.4 is 0 Å². The maximum Gasteiger partial charge on any atom is 0.290 e. The van der Waals surface area contributed by atoms with Crippen LogP contribution >= 0.6 is 11.6 Å². The number of aromatic nitrogens is 4. The van der Waals surface area contributed by atoms with E-state index < -0.39 is 6.43 Å². The molecule has 1 unspecified atom stereocenters. The zero-order valence-electron chi connectivity index (χ0n) is 15.8. The van der Waals surface area contributed by atoms with Crippen molar-refractivity contribution in [1.29, 1.82) is 0 Å². The second kappa shape index (κ2) is 7.51. The number of benzene rings is 1. The molecule has 0 spiro atoms. The van der Waals surface area contributed by atoms with Gasteiger partial charge in [-0.2, -0.15) is 0 Å². The number of nitrogens with zero attached hydrogens (tertiary/aromatic N) is 5. The largest absolute Gasteiger partial charge is 0.327 e. The summed E-state index contributed by atoms with van der Waals surface area (Å²) in [4.78, 5) is 27.4. The molecule has 3 aromatic rings. The summed E-state index contributed by atoms with van der Waals surface area (Å²) < 4.78 is 27.8. The first kappa shape index (κ1) is 19.4. The van der Waals surface area contributed by atoms with E-state index in [0.717, 1.165) is 5.56 Å². The van der Waals surface area contributed by atoms with Crippen LogP contribution in [0.25, 0.3) is 11.4 Å². The average Bonchev–Trinajstić information content (AvgIpc) is 3.11. The smallest absolute Gasteiger partial charge is 0.290 e. The molecule has 9 heteroatoms. The summed E-state index contributed by atoms with van der Waals surface area (Å²) in [6, 6.07) is 6.01. The van der Waals surface area contributed by atoms with Gasteiger partial charge in [-0.3, -0.25) is 4.79 Å². The Morgan fingerprint density at radius 2 is 2.10 bits per heavy atom. The van der Waals surface area contributed by atoms with E-state index >= 15 is 0 Å². The molecule has 0 aliphatic carbocycles. The fourth-order valence-corrected chi connectivity index (χ4v) is 3.62. The molecular weight excluding hydrogens is 400 g/mol. The molecule has 0 radical (unpaired) electrons. The SMILES string of the molecule is Cc1cnc(Cl)nc1-c1cn2c(n1)C(=O)N(Cc1cccc(C(F)F)c1)C(C)C2. The molecule has 0 saturated heterocycles. The van der Waals surface area contributed by atoms with Gasteiger partial charge in [0.2, 0.25) is 5.28 Å². The number of rotatable bonds is 4. The first-order chi connectivity index (χ1) is 13.8. The van der Waals surface area contributed by atoms with Crippen molar-refractivity contribution in [1.82, 2.24) is 24.4 Å². The summed E-state index contributed by atoms with van der Waals surface area (Å²) in [6.45, 7) is 4.54. The van der Waals surface area contributed by atoms with Crippen LogP contribution in [0.4, 0.5) is 8.78 Å². The van der Waals surface area contributed by atoms with Gasteiger partial charge in [-0.15, -0.1) is 0 Å². The van der Waals surface area contributed by atoms with E-state index in [0.29, 0.717) is 23.5 Å². The van der Waals surface area contributed by atoms with Gasteiger partial charge in [0.25, 0.3) is 12.3 Å². The third-order valence-electron chi connectivity index (χ3n) is 4.96. The van der Waals surface area contributed by atoms with Gasteiger partial charge >= 0.3 is 0 Å². The number of halogens is 3. The molecule has 2 aromatic heterocycles. The molecule has 4 rings (SSSR count). The minimum atomic E-state index is -2.55. The molecule has 150 valence electrons. The molecule has 1 amide bonds. The molecule has 6 nitrogen and oxygen atoms in total. The predicted octanol–water partition coefficient (Wildman–Crippen LogP) is 4.28. The highest BCUT2D eigenvalue weighted by Gasteiger charge is 2.32. The first-order valence-electron chi connectivity index (χ1n) is 9.08. The minimum absolute atomic E-state index is 0.0560. The summed E-state index contributed by atoms with van der Waals surface area (Å²) in [5.41, 5.74) is 2.51. The van der Waals surface area contributed by atoms with Crippen LogP contribution in [0.2, 0.25) is 5.28 Å². The number of imidazole rings is 1. The van der Waals surface area contributed by atoms with E-state index in [9.17, 15) is 13.6 Å². The summed E-state index contributed by atoms with van der Waals surface area (Å²) in [7, 11) is 0. The van der Waals surface area contributed by atoms with Crippen LogP contribution in [-0.2, 0) is 13.1 Å². The second-order valence-corrected chi connectivity index (χ2v) is 7.44. The lowest BCUT2D eigenvalue weighted by Gasteiger charge is -2.33. The molecule has 0 N–H and O–H groups in total. The van der Waals surface area contributed by atoms with Crippen LogP contribution in [-0.4, -0.2) is 36.4 Å². The van der Waals surface area contributed by atoms with Crippen molar-refractivity contribution in [3.05, 3.63) is 64.5 Å². The van der Waals surface area contributed by atoms with Crippen molar-refractivity contribution in [3.63, 3.8) is 0 Å². The third-order valence-corrected chi connectivity index (χ3v) is 5.14. The highest BCUT2D eigenvalue weighted by atomic mass is 35.5. The quantitative estimate of drug-likeness (QED) is 0.594. The Labute approximate surface area is 171 Å². The molecule has 1 aliphatic heterocycles. The van der Waals surface area contributed by atoms with Gasteiger partial charge < -0.3 is 9.47 Å². The Bertz CT molecular complexity index is 1080. The van der Waals surface area contributed by atoms with Crippen molar-refractivity contribution >= 4 is 17.5 Å². The van der Waals surface area contributed by atoms with Crippen molar-refractivity contribution in [2.45, 2.75) is 39.4 Å². The Morgan fingerprint density at radius 1 is 1.31 bits per heavy atom. The van der Waals surface area contributed by atoms with Gasteiger partial charge in [0.05, 0.1) is 5.69 Å². The average molecular weight is 418 g/mol. The molecule has 3 heterocycles. The monoisotopic (exact) mass is 417 g/mol. The Balaban J connectivity index is 1.64. The van der Waals surface area contributed by atoms with Crippen molar-refractivity contribution in [3.8, 4) is 11.4 Å². The van der Waals surface area contributed by atoms with Crippen LogP contribution in [0.3, 0.4) is 0 Å². The highest BCUT2D eigenvalue weighted by Crippen LogP contribution is 2.27. The van der Waals surface area contributed by atoms with Crippen LogP contribution in [0.15, 0.2) is 36.7 Å². The first-order valence-corrected chi connectivity index (χ1v) is 9.46. The van der Waals surface area contributed by atoms with Gasteiger partial charge in [0.1, 0.15) is 5.69 Å². The Morgan fingerprint density at radius 3 is 2.86 bits per heavy atom. The lowest BCUT2D eigenvalue weighted by Crippen LogP contribution is -2.46. The van der Waals surface area contributed by atoms with E-state index in [1.54, 1.807) is 34.0 Å². The minimum Gasteiger partial charge on any atom is -0.327 e. The van der Waals surface area contributed by atoms with Gasteiger partial charge in [-0.1, -0.05) is 18.2 Å². The molecule has 0 bridgehead atoms. The van der Waals surface area contributed by atoms with Crippen LogP contribution in [0.5, 0.6) is 0 Å². The number of carbonyl (C=O) groups is 1. The molecule has 1 aromatic carbocycles. The molecule has 0 fully saturated rings. The summed E-state index contributed by atoms with van der Waals surface area (Å²) >= 11 is 5.91. The number of hydrogen-bond donors (Lipinski definition) is 0. The lowest BCUT2D eigenvalue weighted by atomic mass is 10.1. The van der Waals surface area contributed by atoms with E-state index in [4.69, 9.17) is 11.6 Å². The number of amides is 1. The van der Waals surface area contributed by atoms with E-state index in [-0.39, 0.29) is 35.2 Å². The summed E-state index contributed by atoms with van der Waals surface area (Å²) in [5, 5.41) is 0.108. The number of fused-ring (bicyclic) bond motifs is 1. The zero-order valence-corrected chi connectivity index (χ0v) is 16.6. The van der Waals surface area contributed by atoms with E-state index in [2.05, 4.69) is 15.0 Å². The second-order valence-electron chi connectivity index (χ2n) is 7.10. The van der Waals surface area contributed by atoms with Crippen molar-refractivity contribution in [2.75, 3.05) is 0 Å². The highest BCUT2D eigenvalue weighted by molar-refractivity contribution is 6.28. The lowest BCUT2D eigenvalue weighted by molar-refractivity contribution is 0.0587. The fourth-order valence-electron chi connectivity index (χ4n) is 3.48. The van der Waals surface area contributed by atoms with Crippen molar-refractivity contribution < 1.29 is 13.6 Å². The third kappa shape index (κ3) is 3.72. The van der Waals surface area contributed by atoms with Gasteiger partial charge in [-0.05, 0) is 42.6 Å². The van der Waals surface area contributed by atoms with Crippen LogP contribution in [0.1, 0.15) is 40.7 Å². The topological polar surface area (TPSA) is 63.9 Å². The predicted molar refractivity (Wildman–Crippen MR) is 104 cm³/mol. The molecule has 1 aliphatic rings. The Kier molecular flexibility index (Phi) is 5.04. The number of carbonyl (C=O) groups excluding carboxylic acids is 1. The Hall–Kier alpha value is -2.87. The summed E-state index contributed by atoms with van der Waals surface area (Å²) in [6.07, 6.45) is 0.841. The van der Waals surface area contributed by atoms with E-state index in [1.807, 2.05) is 13.8 Å². The fraction of sp³-hybridized carbons (Fsp3) is 0.300. The molecule has 0 saturated carbocycles. The molecule has 1 atom stereocenters. The van der Waals surface area contributed by atoms with E-state index in [1.165, 1.54) is 12.1 Å².